The highest BCUT2D eigenvalue weighted by molar-refractivity contribution is 5.90. The number of nitrogens with zero attached hydrogens (tertiary/aromatic N) is 2. The lowest BCUT2D eigenvalue weighted by atomic mass is 10.1. The number of hydrogen-bond acceptors (Lipinski definition) is 2. The molecule has 3 rings (SSSR count). The summed E-state index contributed by atoms with van der Waals surface area (Å²) in [5.41, 5.74) is 3.33. The Bertz CT molecular complexity index is 774. The van der Waals surface area contributed by atoms with E-state index < -0.39 is 0 Å². The number of pyridine rings is 1. The molecule has 0 bridgehead atoms. The Kier molecular flexibility index (Phi) is 4.19. The van der Waals surface area contributed by atoms with Gasteiger partial charge in [-0.15, -0.1) is 0 Å². The molecule has 2 heterocycles. The Morgan fingerprint density at radius 3 is 2.68 bits per heavy atom. The van der Waals surface area contributed by atoms with Gasteiger partial charge < -0.3 is 5.32 Å². The number of nitrogens with one attached hydrogen (secondary N) is 1. The zero-order valence-corrected chi connectivity index (χ0v) is 12.6. The third-order valence-corrected chi connectivity index (χ3v) is 3.77. The number of aryl methyl sites for hydroxylation is 2. The van der Waals surface area contributed by atoms with Crippen molar-refractivity contribution < 1.29 is 4.79 Å². The highest BCUT2D eigenvalue weighted by atomic mass is 16.1. The molecular weight excluding hydrogens is 274 g/mol. The first-order valence-electron chi connectivity index (χ1n) is 7.56. The van der Waals surface area contributed by atoms with Crippen molar-refractivity contribution in [1.82, 2.24) is 9.38 Å². The van der Waals surface area contributed by atoms with E-state index in [1.807, 2.05) is 28.8 Å². The maximum atomic E-state index is 12.1. The van der Waals surface area contributed by atoms with E-state index in [-0.39, 0.29) is 5.91 Å². The number of carbonyl (C=O) groups is 1. The van der Waals surface area contributed by atoms with Crippen molar-refractivity contribution in [2.24, 2.45) is 0 Å². The van der Waals surface area contributed by atoms with Gasteiger partial charge in [0.15, 0.2) is 0 Å². The van der Waals surface area contributed by atoms with Gasteiger partial charge in [0, 0.05) is 18.8 Å². The van der Waals surface area contributed by atoms with Crippen LogP contribution in [-0.4, -0.2) is 15.3 Å². The van der Waals surface area contributed by atoms with E-state index in [9.17, 15) is 4.79 Å². The molecule has 112 valence electrons. The summed E-state index contributed by atoms with van der Waals surface area (Å²) < 4.78 is 1.87. The molecule has 0 unspecified atom stereocenters. The van der Waals surface area contributed by atoms with Gasteiger partial charge >= 0.3 is 0 Å². The average Bonchev–Trinajstić information content (AvgIpc) is 3.03. The molecule has 0 atom stereocenters. The second kappa shape index (κ2) is 6.43. The SMILES string of the molecule is CCc1ccc(CCC(=O)Nc2cccc3nccn23)cc1. The quantitative estimate of drug-likeness (QED) is 0.783. The number of anilines is 1. The lowest BCUT2D eigenvalue weighted by molar-refractivity contribution is -0.116. The van der Waals surface area contributed by atoms with Crippen molar-refractivity contribution in [3.05, 3.63) is 66.0 Å². The van der Waals surface area contributed by atoms with E-state index in [2.05, 4.69) is 41.5 Å². The zero-order chi connectivity index (χ0) is 15.4. The number of aromatic nitrogens is 2. The molecule has 0 aliphatic rings. The summed E-state index contributed by atoms with van der Waals surface area (Å²) in [4.78, 5) is 16.3. The van der Waals surface area contributed by atoms with E-state index in [0.717, 1.165) is 24.3 Å². The third-order valence-electron chi connectivity index (χ3n) is 3.77. The van der Waals surface area contributed by atoms with Gasteiger partial charge in [-0.3, -0.25) is 9.20 Å². The van der Waals surface area contributed by atoms with Crippen molar-refractivity contribution >= 4 is 17.4 Å². The minimum absolute atomic E-state index is 0.0146. The number of amides is 1. The Morgan fingerprint density at radius 2 is 1.91 bits per heavy atom. The van der Waals surface area contributed by atoms with Gasteiger partial charge in [-0.05, 0) is 36.1 Å². The summed E-state index contributed by atoms with van der Waals surface area (Å²) in [5.74, 6) is 0.766. The van der Waals surface area contributed by atoms with Crippen molar-refractivity contribution in [3.8, 4) is 0 Å². The van der Waals surface area contributed by atoms with Gasteiger partial charge in [0.25, 0.3) is 0 Å². The van der Waals surface area contributed by atoms with Crippen LogP contribution in [0.25, 0.3) is 5.65 Å². The molecule has 0 aliphatic carbocycles. The van der Waals surface area contributed by atoms with Crippen LogP contribution in [0.2, 0.25) is 0 Å². The van der Waals surface area contributed by atoms with Crippen LogP contribution in [-0.2, 0) is 17.6 Å². The zero-order valence-electron chi connectivity index (χ0n) is 12.6. The molecular formula is C18H19N3O. The third kappa shape index (κ3) is 3.17. The van der Waals surface area contributed by atoms with Crippen molar-refractivity contribution in [1.29, 1.82) is 0 Å². The van der Waals surface area contributed by atoms with E-state index >= 15 is 0 Å². The Morgan fingerprint density at radius 1 is 1.14 bits per heavy atom. The molecule has 4 nitrogen and oxygen atoms in total. The topological polar surface area (TPSA) is 46.4 Å². The van der Waals surface area contributed by atoms with Crippen molar-refractivity contribution in [2.75, 3.05) is 5.32 Å². The molecule has 3 aromatic rings. The summed E-state index contributed by atoms with van der Waals surface area (Å²) in [6.45, 7) is 2.14. The summed E-state index contributed by atoms with van der Waals surface area (Å²) in [6, 6.07) is 14.1. The molecule has 1 amide bonds. The molecule has 0 saturated carbocycles. The number of benzene rings is 1. The van der Waals surface area contributed by atoms with E-state index in [0.29, 0.717) is 6.42 Å². The second-order valence-electron chi connectivity index (χ2n) is 5.28. The minimum atomic E-state index is 0.0146. The minimum Gasteiger partial charge on any atom is -0.312 e. The predicted molar refractivity (Wildman–Crippen MR) is 88.0 cm³/mol. The van der Waals surface area contributed by atoms with Crippen LogP contribution in [0.5, 0.6) is 0 Å². The van der Waals surface area contributed by atoms with E-state index in [1.165, 1.54) is 11.1 Å². The van der Waals surface area contributed by atoms with Gasteiger partial charge in [-0.2, -0.15) is 0 Å². The molecule has 2 aromatic heterocycles. The van der Waals surface area contributed by atoms with Gasteiger partial charge in [0.05, 0.1) is 0 Å². The molecule has 22 heavy (non-hydrogen) atoms. The number of carbonyl (C=O) groups excluding carboxylic acids is 1. The first-order chi connectivity index (χ1) is 10.8. The van der Waals surface area contributed by atoms with Crippen LogP contribution in [0.3, 0.4) is 0 Å². The lowest BCUT2D eigenvalue weighted by Gasteiger charge is -2.08. The fourth-order valence-electron chi connectivity index (χ4n) is 2.45. The maximum Gasteiger partial charge on any atom is 0.225 e. The molecule has 4 heteroatoms. The molecule has 0 saturated heterocycles. The van der Waals surface area contributed by atoms with Crippen LogP contribution < -0.4 is 5.32 Å². The summed E-state index contributed by atoms with van der Waals surface area (Å²) >= 11 is 0. The fraction of sp³-hybridized carbons (Fsp3) is 0.222. The van der Waals surface area contributed by atoms with Gasteiger partial charge in [-0.1, -0.05) is 37.3 Å². The molecule has 0 fully saturated rings. The number of fused-ring (bicyclic) bond motifs is 1. The van der Waals surface area contributed by atoms with Crippen molar-refractivity contribution in [2.45, 2.75) is 26.2 Å². The van der Waals surface area contributed by atoms with E-state index in [1.54, 1.807) is 6.20 Å². The standard InChI is InChI=1S/C18H19N3O/c1-2-14-6-8-15(9-7-14)10-11-18(22)20-17-5-3-4-16-19-12-13-21(16)17/h3-9,12-13H,2,10-11H2,1H3,(H,20,22). The molecule has 0 aliphatic heterocycles. The number of rotatable bonds is 5. The van der Waals surface area contributed by atoms with Crippen LogP contribution in [0.4, 0.5) is 5.82 Å². The molecule has 0 radical (unpaired) electrons. The number of hydrogen-bond donors (Lipinski definition) is 1. The van der Waals surface area contributed by atoms with Crippen LogP contribution in [0.15, 0.2) is 54.9 Å². The monoisotopic (exact) mass is 293 g/mol. The smallest absolute Gasteiger partial charge is 0.225 e. The summed E-state index contributed by atoms with van der Waals surface area (Å²) in [5, 5.41) is 2.95. The van der Waals surface area contributed by atoms with Crippen LogP contribution in [0.1, 0.15) is 24.5 Å². The van der Waals surface area contributed by atoms with Crippen molar-refractivity contribution in [3.63, 3.8) is 0 Å². The Hall–Kier alpha value is -2.62. The first kappa shape index (κ1) is 14.3. The predicted octanol–water partition coefficient (Wildman–Crippen LogP) is 3.47. The van der Waals surface area contributed by atoms with Gasteiger partial charge in [-0.25, -0.2) is 4.98 Å². The van der Waals surface area contributed by atoms with E-state index in [4.69, 9.17) is 0 Å². The molecule has 1 N–H and O–H groups in total. The summed E-state index contributed by atoms with van der Waals surface area (Å²) in [6.07, 6.45) is 5.82. The van der Waals surface area contributed by atoms with Crippen LogP contribution >= 0.6 is 0 Å². The molecule has 1 aromatic carbocycles. The maximum absolute atomic E-state index is 12.1. The fourth-order valence-corrected chi connectivity index (χ4v) is 2.45. The normalized spacial score (nSPS) is 10.8. The summed E-state index contributed by atoms with van der Waals surface area (Å²) in [7, 11) is 0. The van der Waals surface area contributed by atoms with Gasteiger partial charge in [0.2, 0.25) is 5.91 Å². The van der Waals surface area contributed by atoms with Gasteiger partial charge in [0.1, 0.15) is 11.5 Å². The first-order valence-corrected chi connectivity index (χ1v) is 7.56. The largest absolute Gasteiger partial charge is 0.312 e. The highest BCUT2D eigenvalue weighted by Crippen LogP contribution is 2.12. The van der Waals surface area contributed by atoms with Crippen LogP contribution in [0, 0.1) is 0 Å². The lowest BCUT2D eigenvalue weighted by Crippen LogP contribution is -2.14. The molecule has 0 spiro atoms. The Labute approximate surface area is 129 Å². The average molecular weight is 293 g/mol. The highest BCUT2D eigenvalue weighted by Gasteiger charge is 2.06. The second-order valence-corrected chi connectivity index (χ2v) is 5.28. The Balaban J connectivity index is 1.61. The number of imidazole rings is 1.